The lowest BCUT2D eigenvalue weighted by Gasteiger charge is -2.22. The fraction of sp³-hybridized carbons (Fsp3) is 0.333. The van der Waals surface area contributed by atoms with Crippen LogP contribution in [0.4, 0.5) is 10.1 Å². The highest BCUT2D eigenvalue weighted by atomic mass is 19.1. The van der Waals surface area contributed by atoms with E-state index in [1.165, 1.54) is 19.2 Å². The van der Waals surface area contributed by atoms with Gasteiger partial charge in [0.2, 0.25) is 0 Å². The smallest absolute Gasteiger partial charge is 0.311 e. The number of methoxy groups -OCH3 is 1. The molecule has 126 valence electrons. The molecule has 1 fully saturated rings. The van der Waals surface area contributed by atoms with Crippen molar-refractivity contribution < 1.29 is 14.1 Å². The number of hydrogen-bond donors (Lipinski definition) is 0. The van der Waals surface area contributed by atoms with Gasteiger partial charge < -0.3 is 4.74 Å². The van der Waals surface area contributed by atoms with Gasteiger partial charge in [-0.15, -0.1) is 0 Å². The molecule has 2 aromatic carbocycles. The average molecular weight is 330 g/mol. The second kappa shape index (κ2) is 6.97. The Morgan fingerprint density at radius 3 is 2.62 bits per heavy atom. The normalized spacial score (nSPS) is 14.0. The van der Waals surface area contributed by atoms with Gasteiger partial charge in [0.15, 0.2) is 5.75 Å². The molecule has 0 radical (unpaired) electrons. The minimum atomic E-state index is -0.444. The van der Waals surface area contributed by atoms with E-state index in [2.05, 4.69) is 4.90 Å². The Morgan fingerprint density at radius 1 is 1.25 bits per heavy atom. The zero-order valence-electron chi connectivity index (χ0n) is 13.4. The largest absolute Gasteiger partial charge is 0.490 e. The molecule has 1 saturated carbocycles. The third kappa shape index (κ3) is 3.71. The lowest BCUT2D eigenvalue weighted by atomic mass is 10.1. The molecule has 1 aliphatic rings. The second-order valence-corrected chi connectivity index (χ2v) is 5.99. The van der Waals surface area contributed by atoms with E-state index < -0.39 is 4.92 Å². The average Bonchev–Trinajstić information content (AvgIpc) is 3.41. The van der Waals surface area contributed by atoms with Crippen LogP contribution in [0.15, 0.2) is 42.5 Å². The van der Waals surface area contributed by atoms with Gasteiger partial charge in [-0.25, -0.2) is 4.39 Å². The van der Waals surface area contributed by atoms with Crippen molar-refractivity contribution in [2.75, 3.05) is 7.11 Å². The molecule has 2 aromatic rings. The predicted octanol–water partition coefficient (Wildman–Crippen LogP) is 3.91. The van der Waals surface area contributed by atoms with E-state index in [1.807, 2.05) is 12.1 Å². The molecule has 0 atom stereocenters. The van der Waals surface area contributed by atoms with Crippen LogP contribution in [0.25, 0.3) is 0 Å². The highest BCUT2D eigenvalue weighted by Gasteiger charge is 2.30. The van der Waals surface area contributed by atoms with Crippen LogP contribution >= 0.6 is 0 Å². The minimum absolute atomic E-state index is 0.0448. The first-order chi connectivity index (χ1) is 11.6. The summed E-state index contributed by atoms with van der Waals surface area (Å²) in [5.74, 6) is 0.0275. The number of nitro groups is 1. The van der Waals surface area contributed by atoms with E-state index in [1.54, 1.807) is 18.2 Å². The summed E-state index contributed by atoms with van der Waals surface area (Å²) in [7, 11) is 1.41. The Balaban J connectivity index is 1.80. The van der Waals surface area contributed by atoms with Crippen molar-refractivity contribution in [3.05, 3.63) is 69.5 Å². The molecule has 0 aromatic heterocycles. The van der Waals surface area contributed by atoms with Gasteiger partial charge in [-0.3, -0.25) is 15.0 Å². The molecule has 0 unspecified atom stereocenters. The van der Waals surface area contributed by atoms with Crippen LogP contribution in [0.2, 0.25) is 0 Å². The monoisotopic (exact) mass is 330 g/mol. The zero-order chi connectivity index (χ0) is 17.1. The van der Waals surface area contributed by atoms with Gasteiger partial charge in [0.25, 0.3) is 0 Å². The number of hydrogen-bond acceptors (Lipinski definition) is 4. The Morgan fingerprint density at radius 2 is 2.00 bits per heavy atom. The number of nitrogens with zero attached hydrogens (tertiary/aromatic N) is 2. The van der Waals surface area contributed by atoms with E-state index in [4.69, 9.17) is 4.74 Å². The number of rotatable bonds is 7. The highest BCUT2D eigenvalue weighted by molar-refractivity contribution is 5.48. The highest BCUT2D eigenvalue weighted by Crippen LogP contribution is 2.32. The van der Waals surface area contributed by atoms with Crippen LogP contribution in [0.3, 0.4) is 0 Å². The minimum Gasteiger partial charge on any atom is -0.490 e. The summed E-state index contributed by atoms with van der Waals surface area (Å²) in [5.41, 5.74) is 1.43. The second-order valence-electron chi connectivity index (χ2n) is 5.99. The number of nitro benzene ring substituents is 1. The van der Waals surface area contributed by atoms with Crippen molar-refractivity contribution in [3.63, 3.8) is 0 Å². The maximum Gasteiger partial charge on any atom is 0.311 e. The third-order valence-corrected chi connectivity index (χ3v) is 4.22. The van der Waals surface area contributed by atoms with Crippen LogP contribution in [0, 0.1) is 15.9 Å². The van der Waals surface area contributed by atoms with E-state index in [0.717, 1.165) is 18.4 Å². The Bertz CT molecular complexity index is 747. The molecule has 0 saturated heterocycles. The van der Waals surface area contributed by atoms with Crippen molar-refractivity contribution in [1.82, 2.24) is 4.90 Å². The molecular formula is C18H19FN2O3. The molecular weight excluding hydrogens is 311 g/mol. The van der Waals surface area contributed by atoms with Crippen molar-refractivity contribution in [1.29, 1.82) is 0 Å². The standard InChI is InChI=1S/C18H19FN2O3/c1-24-18-9-6-13(10-17(18)21(22)23)11-20(15-7-8-15)12-14-4-2-3-5-16(14)19/h2-6,9-10,15H,7-8,11-12H2,1H3. The number of ether oxygens (including phenoxy) is 1. The first kappa shape index (κ1) is 16.4. The molecule has 0 heterocycles. The quantitative estimate of drug-likeness (QED) is 0.570. The molecule has 0 aliphatic heterocycles. The van der Waals surface area contributed by atoms with Gasteiger partial charge in [-0.2, -0.15) is 0 Å². The Hall–Kier alpha value is -2.47. The molecule has 0 bridgehead atoms. The lowest BCUT2D eigenvalue weighted by Crippen LogP contribution is -2.25. The van der Waals surface area contributed by atoms with Gasteiger partial charge in [-0.1, -0.05) is 24.3 Å². The van der Waals surface area contributed by atoms with Crippen molar-refractivity contribution in [3.8, 4) is 5.75 Å². The molecule has 0 N–H and O–H groups in total. The first-order valence-electron chi connectivity index (χ1n) is 7.87. The van der Waals surface area contributed by atoms with Gasteiger partial charge in [0, 0.05) is 30.8 Å². The summed E-state index contributed by atoms with van der Waals surface area (Å²) in [6.07, 6.45) is 2.15. The number of halogens is 1. The van der Waals surface area contributed by atoms with Crippen LogP contribution in [-0.2, 0) is 13.1 Å². The SMILES string of the molecule is COc1ccc(CN(Cc2ccccc2F)C2CC2)cc1[N+](=O)[O-]. The summed E-state index contributed by atoms with van der Waals surface area (Å²) < 4.78 is 18.9. The van der Waals surface area contributed by atoms with Crippen LogP contribution in [0.1, 0.15) is 24.0 Å². The Labute approximate surface area is 139 Å². The maximum absolute atomic E-state index is 13.9. The molecule has 1 aliphatic carbocycles. The Kier molecular flexibility index (Phi) is 4.76. The third-order valence-electron chi connectivity index (χ3n) is 4.22. The number of benzene rings is 2. The van der Waals surface area contributed by atoms with Gasteiger partial charge in [0.05, 0.1) is 12.0 Å². The van der Waals surface area contributed by atoms with Gasteiger partial charge in [0.1, 0.15) is 5.82 Å². The molecule has 5 nitrogen and oxygen atoms in total. The van der Waals surface area contributed by atoms with Crippen molar-refractivity contribution >= 4 is 5.69 Å². The van der Waals surface area contributed by atoms with E-state index in [0.29, 0.717) is 24.7 Å². The van der Waals surface area contributed by atoms with Crippen LogP contribution in [-0.4, -0.2) is 23.0 Å². The maximum atomic E-state index is 13.9. The summed E-state index contributed by atoms with van der Waals surface area (Å²) in [4.78, 5) is 12.9. The summed E-state index contributed by atoms with van der Waals surface area (Å²) in [6.45, 7) is 1.04. The topological polar surface area (TPSA) is 55.6 Å². The molecule has 3 rings (SSSR count). The van der Waals surface area contributed by atoms with Crippen LogP contribution < -0.4 is 4.74 Å². The summed E-state index contributed by atoms with van der Waals surface area (Å²) in [6, 6.07) is 12.1. The first-order valence-corrected chi connectivity index (χ1v) is 7.87. The summed E-state index contributed by atoms with van der Waals surface area (Å²) in [5, 5.41) is 11.2. The van der Waals surface area contributed by atoms with Gasteiger partial charge >= 0.3 is 5.69 Å². The van der Waals surface area contributed by atoms with E-state index in [-0.39, 0.29) is 17.3 Å². The predicted molar refractivity (Wildman–Crippen MR) is 88.3 cm³/mol. The molecule has 0 amide bonds. The van der Waals surface area contributed by atoms with E-state index >= 15 is 0 Å². The van der Waals surface area contributed by atoms with Crippen molar-refractivity contribution in [2.45, 2.75) is 32.0 Å². The lowest BCUT2D eigenvalue weighted by molar-refractivity contribution is -0.385. The van der Waals surface area contributed by atoms with Crippen LogP contribution in [0.5, 0.6) is 5.75 Å². The van der Waals surface area contributed by atoms with Gasteiger partial charge in [-0.05, 0) is 30.5 Å². The fourth-order valence-electron chi connectivity index (χ4n) is 2.81. The summed E-state index contributed by atoms with van der Waals surface area (Å²) >= 11 is 0. The molecule has 6 heteroatoms. The van der Waals surface area contributed by atoms with E-state index in [9.17, 15) is 14.5 Å². The molecule has 0 spiro atoms. The molecule has 24 heavy (non-hydrogen) atoms. The fourth-order valence-corrected chi connectivity index (χ4v) is 2.81. The van der Waals surface area contributed by atoms with Crippen molar-refractivity contribution in [2.24, 2.45) is 0 Å². The zero-order valence-corrected chi connectivity index (χ0v) is 13.4.